The van der Waals surface area contributed by atoms with Crippen molar-refractivity contribution in [3.8, 4) is 0 Å². The van der Waals surface area contributed by atoms with Gasteiger partial charge in [-0.2, -0.15) is 0 Å². The van der Waals surface area contributed by atoms with Crippen molar-refractivity contribution in [3.05, 3.63) is 29.6 Å². The zero-order valence-electron chi connectivity index (χ0n) is 7.62. The highest BCUT2D eigenvalue weighted by Gasteiger charge is 2.06. The molecule has 0 radical (unpaired) electrons. The van der Waals surface area contributed by atoms with E-state index in [1.165, 1.54) is 6.21 Å². The molecule has 0 aliphatic rings. The van der Waals surface area contributed by atoms with Crippen molar-refractivity contribution in [2.75, 3.05) is 0 Å². The summed E-state index contributed by atoms with van der Waals surface area (Å²) in [6, 6.07) is 5.38. The molecule has 0 aliphatic carbocycles. The molecule has 1 rings (SSSR count). The van der Waals surface area contributed by atoms with Crippen molar-refractivity contribution in [3.63, 3.8) is 0 Å². The van der Waals surface area contributed by atoms with E-state index in [0.717, 1.165) is 5.69 Å². The van der Waals surface area contributed by atoms with Crippen LogP contribution in [-0.2, 0) is 9.19 Å². The third-order valence-electron chi connectivity index (χ3n) is 1.27. The third kappa shape index (κ3) is 4.13. The summed E-state index contributed by atoms with van der Waals surface area (Å²) < 4.78 is 15.0. The van der Waals surface area contributed by atoms with Crippen molar-refractivity contribution in [2.24, 2.45) is 16.2 Å². The average Bonchev–Trinajstić information content (AvgIpc) is 2.01. The van der Waals surface area contributed by atoms with Crippen LogP contribution in [0, 0.1) is 6.92 Å². The molecule has 14 heavy (non-hydrogen) atoms. The summed E-state index contributed by atoms with van der Waals surface area (Å²) in [7, 11) is -3.54. The number of nitrogens with zero attached hydrogens (tertiary/aromatic N) is 2. The Morgan fingerprint density at radius 2 is 2.29 bits per heavy atom. The maximum absolute atomic E-state index is 10.7. The van der Waals surface area contributed by atoms with Crippen LogP contribution in [0.2, 0.25) is 0 Å². The number of rotatable bonds is 3. The monoisotopic (exact) mass is 214 g/mol. The second-order valence-electron chi connectivity index (χ2n) is 2.67. The first-order valence-corrected chi connectivity index (χ1v) is 5.57. The molecule has 1 aromatic heterocycles. The van der Waals surface area contributed by atoms with Gasteiger partial charge < -0.3 is 4.62 Å². The molecule has 0 unspecified atom stereocenters. The number of aryl methyl sites for hydroxylation is 1. The SMILES string of the molecule is Cc1cccc(C=NOP(N)(N)=O)n1. The first-order valence-electron chi connectivity index (χ1n) is 3.80. The van der Waals surface area contributed by atoms with E-state index >= 15 is 0 Å². The van der Waals surface area contributed by atoms with Crippen LogP contribution < -0.4 is 11.0 Å². The maximum Gasteiger partial charge on any atom is 0.405 e. The van der Waals surface area contributed by atoms with Crippen LogP contribution in [0.1, 0.15) is 11.4 Å². The molecule has 4 N–H and O–H groups in total. The summed E-state index contributed by atoms with van der Waals surface area (Å²) >= 11 is 0. The molecular formula is C7H11N4O2P. The second kappa shape index (κ2) is 4.32. The minimum atomic E-state index is -3.54. The summed E-state index contributed by atoms with van der Waals surface area (Å²) in [5, 5.41) is 3.35. The average molecular weight is 214 g/mol. The zero-order chi connectivity index (χ0) is 10.6. The standard InChI is InChI=1S/C7H11N4O2P/c1-6-3-2-4-7(11-6)5-10-13-14(8,9)12/h2-5H,1H3,(H4,8,9,12). The summed E-state index contributed by atoms with van der Waals surface area (Å²) in [5.41, 5.74) is 11.2. The summed E-state index contributed by atoms with van der Waals surface area (Å²) in [4.78, 5) is 4.09. The lowest BCUT2D eigenvalue weighted by Gasteiger charge is -2.00. The molecule has 76 valence electrons. The molecular weight excluding hydrogens is 203 g/mol. The Bertz CT molecular complexity index is 387. The number of nitrogens with two attached hydrogens (primary N) is 2. The van der Waals surface area contributed by atoms with E-state index in [4.69, 9.17) is 11.0 Å². The van der Waals surface area contributed by atoms with E-state index in [2.05, 4.69) is 14.8 Å². The van der Waals surface area contributed by atoms with E-state index < -0.39 is 7.67 Å². The lowest BCUT2D eigenvalue weighted by Crippen LogP contribution is -2.05. The van der Waals surface area contributed by atoms with Gasteiger partial charge in [-0.1, -0.05) is 11.2 Å². The highest BCUT2D eigenvalue weighted by atomic mass is 31.2. The van der Waals surface area contributed by atoms with Crippen LogP contribution in [0.3, 0.4) is 0 Å². The van der Waals surface area contributed by atoms with Gasteiger partial charge in [0, 0.05) is 5.69 Å². The largest absolute Gasteiger partial charge is 0.405 e. The number of aromatic nitrogens is 1. The number of oxime groups is 1. The molecule has 0 atom stereocenters. The van der Waals surface area contributed by atoms with Gasteiger partial charge in [0.25, 0.3) is 0 Å². The number of hydrogen-bond donors (Lipinski definition) is 2. The molecule has 7 heteroatoms. The Labute approximate surface area is 81.5 Å². The summed E-state index contributed by atoms with van der Waals surface area (Å²) in [5.74, 6) is 0. The van der Waals surface area contributed by atoms with Gasteiger partial charge in [0.15, 0.2) is 0 Å². The van der Waals surface area contributed by atoms with Gasteiger partial charge in [-0.3, -0.25) is 4.98 Å². The molecule has 0 bridgehead atoms. The van der Waals surface area contributed by atoms with Gasteiger partial charge in [0.1, 0.15) is 0 Å². The summed E-state index contributed by atoms with van der Waals surface area (Å²) in [6.07, 6.45) is 1.29. The Balaban J connectivity index is 2.65. The third-order valence-corrected chi connectivity index (χ3v) is 1.62. The fourth-order valence-corrected chi connectivity index (χ4v) is 0.982. The predicted molar refractivity (Wildman–Crippen MR) is 53.6 cm³/mol. The van der Waals surface area contributed by atoms with Crippen molar-refractivity contribution in [1.82, 2.24) is 4.98 Å². The van der Waals surface area contributed by atoms with Crippen LogP contribution in [-0.4, -0.2) is 11.2 Å². The van der Waals surface area contributed by atoms with Crippen molar-refractivity contribution < 1.29 is 9.19 Å². The molecule has 6 nitrogen and oxygen atoms in total. The zero-order valence-corrected chi connectivity index (χ0v) is 8.52. The van der Waals surface area contributed by atoms with Crippen molar-refractivity contribution in [1.29, 1.82) is 0 Å². The maximum atomic E-state index is 10.7. The minimum Gasteiger partial charge on any atom is -0.312 e. The normalized spacial score (nSPS) is 11.9. The first-order chi connectivity index (χ1) is 6.47. The van der Waals surface area contributed by atoms with E-state index in [0.29, 0.717) is 5.69 Å². The lowest BCUT2D eigenvalue weighted by molar-refractivity contribution is 0.337. The van der Waals surface area contributed by atoms with Gasteiger partial charge in [-0.15, -0.1) is 0 Å². The quantitative estimate of drug-likeness (QED) is 0.439. The molecule has 0 spiro atoms. The summed E-state index contributed by atoms with van der Waals surface area (Å²) in [6.45, 7) is 1.84. The van der Waals surface area contributed by atoms with Crippen LogP contribution in [0.4, 0.5) is 0 Å². The first kappa shape index (κ1) is 10.8. The van der Waals surface area contributed by atoms with Gasteiger partial charge in [0.2, 0.25) is 0 Å². The Hall–Kier alpha value is -1.23. The topological polar surface area (TPSA) is 104 Å². The Morgan fingerprint density at radius 1 is 1.57 bits per heavy atom. The van der Waals surface area contributed by atoms with E-state index in [-0.39, 0.29) is 0 Å². The van der Waals surface area contributed by atoms with Crippen LogP contribution in [0.25, 0.3) is 0 Å². The van der Waals surface area contributed by atoms with Gasteiger partial charge in [-0.05, 0) is 19.1 Å². The van der Waals surface area contributed by atoms with Crippen LogP contribution in [0.15, 0.2) is 23.4 Å². The molecule has 0 saturated heterocycles. The molecule has 1 aromatic rings. The Morgan fingerprint density at radius 3 is 2.86 bits per heavy atom. The minimum absolute atomic E-state index is 0.582. The lowest BCUT2D eigenvalue weighted by atomic mass is 10.3. The highest BCUT2D eigenvalue weighted by Crippen LogP contribution is 2.25. The Kier molecular flexibility index (Phi) is 3.35. The van der Waals surface area contributed by atoms with Gasteiger partial charge >= 0.3 is 7.67 Å². The fraction of sp³-hybridized carbons (Fsp3) is 0.143. The van der Waals surface area contributed by atoms with Gasteiger partial charge in [-0.25, -0.2) is 15.6 Å². The molecule has 0 amide bonds. The van der Waals surface area contributed by atoms with Crippen LogP contribution in [0.5, 0.6) is 0 Å². The molecule has 0 fully saturated rings. The highest BCUT2D eigenvalue weighted by molar-refractivity contribution is 7.53. The smallest absolute Gasteiger partial charge is 0.312 e. The molecule has 0 aliphatic heterocycles. The number of hydrogen-bond acceptors (Lipinski definition) is 4. The molecule has 0 saturated carbocycles. The van der Waals surface area contributed by atoms with E-state index in [1.807, 2.05) is 19.1 Å². The molecule has 0 aromatic carbocycles. The van der Waals surface area contributed by atoms with E-state index in [1.54, 1.807) is 6.07 Å². The molecule has 1 heterocycles. The van der Waals surface area contributed by atoms with Gasteiger partial charge in [0.05, 0.1) is 11.9 Å². The van der Waals surface area contributed by atoms with Crippen molar-refractivity contribution >= 4 is 13.9 Å². The van der Waals surface area contributed by atoms with E-state index in [9.17, 15) is 4.57 Å². The van der Waals surface area contributed by atoms with Crippen LogP contribution >= 0.6 is 7.67 Å². The second-order valence-corrected chi connectivity index (χ2v) is 4.12. The predicted octanol–water partition coefficient (Wildman–Crippen LogP) is 0.766. The number of pyridine rings is 1. The fourth-order valence-electron chi connectivity index (χ4n) is 0.787. The van der Waals surface area contributed by atoms with Crippen molar-refractivity contribution in [2.45, 2.75) is 6.92 Å².